The molecule has 4 heteroatoms. The highest BCUT2D eigenvalue weighted by Crippen LogP contribution is 2.27. The van der Waals surface area contributed by atoms with Crippen LogP contribution in [0.3, 0.4) is 0 Å². The number of likely N-dealkylation sites (tertiary alicyclic amines) is 1. The Morgan fingerprint density at radius 1 is 1.32 bits per heavy atom. The molecule has 2 aromatic rings. The van der Waals surface area contributed by atoms with Crippen molar-refractivity contribution < 1.29 is 9.53 Å². The zero-order valence-corrected chi connectivity index (χ0v) is 15.5. The van der Waals surface area contributed by atoms with Gasteiger partial charge in [-0.15, -0.1) is 0 Å². The molecule has 0 radical (unpaired) electrons. The van der Waals surface area contributed by atoms with Gasteiger partial charge in [0.1, 0.15) is 5.75 Å². The first-order valence-electron chi connectivity index (χ1n) is 9.16. The molecule has 0 saturated carbocycles. The van der Waals surface area contributed by atoms with Crippen LogP contribution >= 0.6 is 0 Å². The molecule has 1 aliphatic heterocycles. The van der Waals surface area contributed by atoms with Crippen LogP contribution in [0, 0.1) is 12.8 Å². The van der Waals surface area contributed by atoms with Gasteiger partial charge in [0.05, 0.1) is 12.7 Å². The molecule has 4 nitrogen and oxygen atoms in total. The molecule has 1 aliphatic rings. The molecule has 1 unspecified atom stereocenters. The molecular weight excluding hydrogens is 312 g/mol. The lowest BCUT2D eigenvalue weighted by molar-refractivity contribution is 0.0945. The Morgan fingerprint density at radius 3 is 2.92 bits per heavy atom. The topological polar surface area (TPSA) is 41.6 Å². The number of ether oxygens (including phenoxy) is 1. The fraction of sp³-hybridized carbons (Fsp3) is 0.476. The van der Waals surface area contributed by atoms with Crippen LogP contribution in [-0.2, 0) is 0 Å². The third kappa shape index (κ3) is 4.13. The van der Waals surface area contributed by atoms with E-state index in [0.29, 0.717) is 12.1 Å². The van der Waals surface area contributed by atoms with Gasteiger partial charge in [-0.1, -0.05) is 25.1 Å². The van der Waals surface area contributed by atoms with Crippen molar-refractivity contribution in [3.05, 3.63) is 41.5 Å². The number of nitrogens with zero attached hydrogens (tertiary/aromatic N) is 1. The van der Waals surface area contributed by atoms with Gasteiger partial charge >= 0.3 is 0 Å². The van der Waals surface area contributed by atoms with Crippen LogP contribution in [0.15, 0.2) is 30.3 Å². The number of carbonyl (C=O) groups excluding carboxylic acids is 1. The number of nitrogens with one attached hydrogen (secondary N) is 1. The summed E-state index contributed by atoms with van der Waals surface area (Å²) in [6.45, 7) is 8.22. The highest BCUT2D eigenvalue weighted by Gasteiger charge is 2.17. The van der Waals surface area contributed by atoms with Gasteiger partial charge in [0.25, 0.3) is 5.91 Å². The zero-order valence-electron chi connectivity index (χ0n) is 15.5. The van der Waals surface area contributed by atoms with Crippen molar-refractivity contribution in [1.82, 2.24) is 10.2 Å². The van der Waals surface area contributed by atoms with E-state index in [2.05, 4.69) is 30.1 Å². The maximum absolute atomic E-state index is 12.8. The molecule has 0 spiro atoms. The Kier molecular flexibility index (Phi) is 5.59. The summed E-state index contributed by atoms with van der Waals surface area (Å²) in [6.07, 6.45) is 2.58. The number of methoxy groups -OCH3 is 1. The van der Waals surface area contributed by atoms with E-state index in [1.807, 2.05) is 24.3 Å². The molecule has 25 heavy (non-hydrogen) atoms. The standard InChI is InChI=1S/C21H28N2O2/c1-15-6-5-10-23(14-15)11-9-22-21(24)20-13-17(25-3)12-19-16(2)7-4-8-18(19)20/h4,7-8,12-13,15H,5-6,9-11,14H2,1-3H3,(H,22,24). The Bertz CT molecular complexity index is 757. The van der Waals surface area contributed by atoms with Gasteiger partial charge in [0.2, 0.25) is 0 Å². The van der Waals surface area contributed by atoms with Gasteiger partial charge in [-0.05, 0) is 60.7 Å². The monoisotopic (exact) mass is 340 g/mol. The quantitative estimate of drug-likeness (QED) is 0.904. The van der Waals surface area contributed by atoms with Crippen LogP contribution < -0.4 is 10.1 Å². The maximum Gasteiger partial charge on any atom is 0.252 e. The van der Waals surface area contributed by atoms with Crippen molar-refractivity contribution in [1.29, 1.82) is 0 Å². The molecule has 1 N–H and O–H groups in total. The lowest BCUT2D eigenvalue weighted by Crippen LogP contribution is -2.40. The third-order valence-corrected chi connectivity index (χ3v) is 5.12. The molecule has 1 heterocycles. The van der Waals surface area contributed by atoms with Gasteiger partial charge in [-0.25, -0.2) is 0 Å². The second kappa shape index (κ2) is 7.87. The predicted molar refractivity (Wildman–Crippen MR) is 102 cm³/mol. The first-order valence-corrected chi connectivity index (χ1v) is 9.16. The highest BCUT2D eigenvalue weighted by atomic mass is 16.5. The van der Waals surface area contributed by atoms with E-state index in [4.69, 9.17) is 4.74 Å². The summed E-state index contributed by atoms with van der Waals surface area (Å²) < 4.78 is 5.39. The van der Waals surface area contributed by atoms with Crippen molar-refractivity contribution in [3.63, 3.8) is 0 Å². The van der Waals surface area contributed by atoms with E-state index in [9.17, 15) is 4.79 Å². The molecule has 1 saturated heterocycles. The van der Waals surface area contributed by atoms with E-state index in [1.54, 1.807) is 7.11 Å². The summed E-state index contributed by atoms with van der Waals surface area (Å²) in [5.41, 5.74) is 1.83. The number of piperidine rings is 1. The second-order valence-corrected chi connectivity index (χ2v) is 7.15. The molecule has 1 amide bonds. The summed E-state index contributed by atoms with van der Waals surface area (Å²) in [5.74, 6) is 1.45. The maximum atomic E-state index is 12.8. The number of hydrogen-bond donors (Lipinski definition) is 1. The lowest BCUT2D eigenvalue weighted by Gasteiger charge is -2.30. The smallest absolute Gasteiger partial charge is 0.252 e. The Labute approximate surface area is 150 Å². The Balaban J connectivity index is 1.72. The van der Waals surface area contributed by atoms with Gasteiger partial charge in [0, 0.05) is 19.6 Å². The average molecular weight is 340 g/mol. The van der Waals surface area contributed by atoms with Crippen LogP contribution in [0.5, 0.6) is 5.75 Å². The molecule has 0 aliphatic carbocycles. The second-order valence-electron chi connectivity index (χ2n) is 7.15. The first kappa shape index (κ1) is 17.7. The van der Waals surface area contributed by atoms with E-state index >= 15 is 0 Å². The fourth-order valence-corrected chi connectivity index (χ4v) is 3.73. The van der Waals surface area contributed by atoms with Crippen molar-refractivity contribution in [3.8, 4) is 5.75 Å². The molecule has 2 aromatic carbocycles. The molecule has 1 fully saturated rings. The molecule has 0 bridgehead atoms. The number of rotatable bonds is 5. The minimum absolute atomic E-state index is 0.0282. The van der Waals surface area contributed by atoms with Crippen LogP contribution in [0.1, 0.15) is 35.7 Å². The highest BCUT2D eigenvalue weighted by molar-refractivity contribution is 6.08. The van der Waals surface area contributed by atoms with Crippen molar-refractivity contribution in [2.24, 2.45) is 5.92 Å². The predicted octanol–water partition coefficient (Wildman–Crippen LogP) is 3.62. The summed E-state index contributed by atoms with van der Waals surface area (Å²) in [4.78, 5) is 15.2. The fourth-order valence-electron chi connectivity index (χ4n) is 3.73. The zero-order chi connectivity index (χ0) is 17.8. The number of amides is 1. The number of aryl methyl sites for hydroxylation is 1. The molecule has 134 valence electrons. The molecule has 3 rings (SSSR count). The van der Waals surface area contributed by atoms with Crippen LogP contribution in [-0.4, -0.2) is 44.1 Å². The van der Waals surface area contributed by atoms with Gasteiger partial charge in [0.15, 0.2) is 0 Å². The minimum atomic E-state index is -0.0282. The number of fused-ring (bicyclic) bond motifs is 1. The number of hydrogen-bond acceptors (Lipinski definition) is 3. The summed E-state index contributed by atoms with van der Waals surface area (Å²) in [7, 11) is 1.64. The molecule has 1 atom stereocenters. The normalized spacial score (nSPS) is 18.3. The van der Waals surface area contributed by atoms with E-state index < -0.39 is 0 Å². The third-order valence-electron chi connectivity index (χ3n) is 5.12. The van der Waals surface area contributed by atoms with E-state index in [1.165, 1.54) is 12.8 Å². The van der Waals surface area contributed by atoms with Crippen molar-refractivity contribution in [2.75, 3.05) is 33.3 Å². The number of benzene rings is 2. The number of carbonyl (C=O) groups is 1. The summed E-state index contributed by atoms with van der Waals surface area (Å²) >= 11 is 0. The largest absolute Gasteiger partial charge is 0.497 e. The first-order chi connectivity index (χ1) is 12.1. The van der Waals surface area contributed by atoms with Crippen LogP contribution in [0.2, 0.25) is 0 Å². The Hall–Kier alpha value is -2.07. The average Bonchev–Trinajstić information content (AvgIpc) is 2.61. The van der Waals surface area contributed by atoms with Crippen LogP contribution in [0.4, 0.5) is 0 Å². The van der Waals surface area contributed by atoms with E-state index in [0.717, 1.165) is 47.6 Å². The van der Waals surface area contributed by atoms with Gasteiger partial charge in [-0.2, -0.15) is 0 Å². The van der Waals surface area contributed by atoms with Crippen LogP contribution in [0.25, 0.3) is 10.8 Å². The molecular formula is C21H28N2O2. The molecule has 0 aromatic heterocycles. The summed E-state index contributed by atoms with van der Waals surface area (Å²) in [6, 6.07) is 9.89. The Morgan fingerprint density at radius 2 is 2.16 bits per heavy atom. The lowest BCUT2D eigenvalue weighted by atomic mass is 9.99. The van der Waals surface area contributed by atoms with Crippen molar-refractivity contribution in [2.45, 2.75) is 26.7 Å². The van der Waals surface area contributed by atoms with Gasteiger partial charge in [-0.3, -0.25) is 4.79 Å². The summed E-state index contributed by atoms with van der Waals surface area (Å²) in [5, 5.41) is 5.13. The minimum Gasteiger partial charge on any atom is -0.497 e. The van der Waals surface area contributed by atoms with E-state index in [-0.39, 0.29) is 5.91 Å². The van der Waals surface area contributed by atoms with Crippen molar-refractivity contribution >= 4 is 16.7 Å². The SMILES string of the molecule is COc1cc(C(=O)NCCN2CCCC(C)C2)c2cccc(C)c2c1. The van der Waals surface area contributed by atoms with Gasteiger partial charge < -0.3 is 15.0 Å².